The molecule has 1 aromatic heterocycles. The maximum atomic E-state index is 5.98. The summed E-state index contributed by atoms with van der Waals surface area (Å²) in [6.07, 6.45) is 2.36. The zero-order valence-corrected chi connectivity index (χ0v) is 13.3. The predicted molar refractivity (Wildman–Crippen MR) is 88.1 cm³/mol. The third kappa shape index (κ3) is 2.97. The van der Waals surface area contributed by atoms with Crippen LogP contribution in [-0.2, 0) is 13.0 Å². The molecule has 4 nitrogen and oxygen atoms in total. The summed E-state index contributed by atoms with van der Waals surface area (Å²) in [6.45, 7) is 5.92. The number of anilines is 2. The van der Waals surface area contributed by atoms with Crippen molar-refractivity contribution < 1.29 is 4.74 Å². The van der Waals surface area contributed by atoms with Gasteiger partial charge in [-0.2, -0.15) is 4.37 Å². The molecule has 0 atom stereocenters. The second kappa shape index (κ2) is 5.93. The lowest BCUT2D eigenvalue weighted by atomic mass is 10.0. The average molecular weight is 303 g/mol. The molecule has 0 unspecified atom stereocenters. The van der Waals surface area contributed by atoms with Crippen molar-refractivity contribution in [1.29, 1.82) is 0 Å². The molecule has 0 amide bonds. The second-order valence-corrected chi connectivity index (χ2v) is 6.41. The van der Waals surface area contributed by atoms with Gasteiger partial charge in [-0.05, 0) is 49.3 Å². The lowest BCUT2D eigenvalue weighted by molar-refractivity contribution is 0.244. The van der Waals surface area contributed by atoms with Gasteiger partial charge in [0.2, 0.25) is 0 Å². The van der Waals surface area contributed by atoms with Crippen molar-refractivity contribution >= 4 is 22.4 Å². The van der Waals surface area contributed by atoms with Crippen molar-refractivity contribution in [2.45, 2.75) is 39.3 Å². The molecule has 0 fully saturated rings. The Balaban J connectivity index is 1.91. The van der Waals surface area contributed by atoms with Gasteiger partial charge in [-0.25, -0.2) is 0 Å². The Bertz CT molecular complexity index is 624. The third-order valence-corrected chi connectivity index (χ3v) is 4.56. The van der Waals surface area contributed by atoms with E-state index in [9.17, 15) is 0 Å². The molecule has 0 spiro atoms. The van der Waals surface area contributed by atoms with E-state index in [1.54, 1.807) is 0 Å². The quantitative estimate of drug-likeness (QED) is 0.943. The Labute approximate surface area is 129 Å². The molecule has 1 aromatic carbocycles. The van der Waals surface area contributed by atoms with Crippen LogP contribution in [0.3, 0.4) is 0 Å². The maximum Gasteiger partial charge on any atom is 0.198 e. The van der Waals surface area contributed by atoms with Gasteiger partial charge in [-0.15, -0.1) is 0 Å². The fraction of sp³-hybridized carbons (Fsp3) is 0.438. The molecule has 0 saturated heterocycles. The van der Waals surface area contributed by atoms with E-state index in [4.69, 9.17) is 10.5 Å². The van der Waals surface area contributed by atoms with Crippen LogP contribution in [0.4, 0.5) is 10.8 Å². The van der Waals surface area contributed by atoms with E-state index in [0.717, 1.165) is 36.7 Å². The van der Waals surface area contributed by atoms with E-state index in [1.165, 1.54) is 22.7 Å². The Morgan fingerprint density at radius 3 is 2.81 bits per heavy atom. The van der Waals surface area contributed by atoms with Crippen LogP contribution in [0, 0.1) is 0 Å². The lowest BCUT2D eigenvalue weighted by Gasteiger charge is -2.23. The molecule has 112 valence electrons. The molecule has 0 saturated carbocycles. The van der Waals surface area contributed by atoms with Crippen molar-refractivity contribution in [1.82, 2.24) is 4.37 Å². The number of fused-ring (bicyclic) bond motifs is 1. The monoisotopic (exact) mass is 303 g/mol. The molecule has 5 heteroatoms. The summed E-state index contributed by atoms with van der Waals surface area (Å²) in [6, 6.07) is 8.66. The molecule has 21 heavy (non-hydrogen) atoms. The van der Waals surface area contributed by atoms with Crippen molar-refractivity contribution in [2.75, 3.05) is 17.2 Å². The second-order valence-electron chi connectivity index (χ2n) is 5.66. The minimum atomic E-state index is 0.0988. The number of aryl methyl sites for hydroxylation is 1. The minimum absolute atomic E-state index is 0.0988. The van der Waals surface area contributed by atoms with Gasteiger partial charge in [-0.3, -0.25) is 0 Å². The summed E-state index contributed by atoms with van der Waals surface area (Å²) in [5, 5.41) is 1.05. The predicted octanol–water partition coefficient (Wildman–Crippen LogP) is 3.47. The third-order valence-electron chi connectivity index (χ3n) is 3.65. The molecule has 1 aliphatic heterocycles. The Morgan fingerprint density at radius 1 is 1.29 bits per heavy atom. The molecular weight excluding hydrogens is 282 g/mol. The molecule has 3 rings (SSSR count). The Kier molecular flexibility index (Phi) is 4.01. The summed E-state index contributed by atoms with van der Waals surface area (Å²) in [4.78, 5) is 2.34. The first-order valence-corrected chi connectivity index (χ1v) is 8.16. The van der Waals surface area contributed by atoms with Crippen LogP contribution < -0.4 is 15.4 Å². The molecule has 2 heterocycles. The maximum absolute atomic E-state index is 5.98. The summed E-state index contributed by atoms with van der Waals surface area (Å²) < 4.78 is 10.2. The number of rotatable bonds is 3. The SMILES string of the molecule is CC(C)Oc1c(N)nsc1N1CCCc2ccccc2C1. The smallest absolute Gasteiger partial charge is 0.198 e. The van der Waals surface area contributed by atoms with Crippen molar-refractivity contribution in [3.63, 3.8) is 0 Å². The van der Waals surface area contributed by atoms with Crippen LogP contribution >= 0.6 is 11.5 Å². The number of nitrogens with zero attached hydrogens (tertiary/aromatic N) is 2. The van der Waals surface area contributed by atoms with Gasteiger partial charge in [0.15, 0.2) is 16.6 Å². The molecule has 0 aliphatic carbocycles. The summed E-state index contributed by atoms with van der Waals surface area (Å²) >= 11 is 1.43. The molecule has 1 aliphatic rings. The fourth-order valence-corrected chi connectivity index (χ4v) is 3.48. The lowest BCUT2D eigenvalue weighted by Crippen LogP contribution is -2.22. The summed E-state index contributed by atoms with van der Waals surface area (Å²) in [7, 11) is 0. The number of hydrogen-bond acceptors (Lipinski definition) is 5. The van der Waals surface area contributed by atoms with Crippen LogP contribution in [0.25, 0.3) is 0 Å². The van der Waals surface area contributed by atoms with Gasteiger partial charge in [0, 0.05) is 13.1 Å². The number of hydrogen-bond donors (Lipinski definition) is 1. The van der Waals surface area contributed by atoms with Gasteiger partial charge in [0.1, 0.15) is 0 Å². The van der Waals surface area contributed by atoms with Crippen LogP contribution in [0.5, 0.6) is 5.75 Å². The molecule has 2 N–H and O–H groups in total. The highest BCUT2D eigenvalue weighted by atomic mass is 32.1. The minimum Gasteiger partial charge on any atom is -0.484 e. The standard InChI is InChI=1S/C16H21N3OS/c1-11(2)20-14-15(17)18-21-16(14)19-9-5-8-12-6-3-4-7-13(12)10-19/h3-4,6-7,11H,5,8-10H2,1-2H3,(H2,17,18). The Hall–Kier alpha value is -1.75. The van der Waals surface area contributed by atoms with Gasteiger partial charge >= 0.3 is 0 Å². The van der Waals surface area contributed by atoms with E-state index in [1.807, 2.05) is 13.8 Å². The van der Waals surface area contributed by atoms with Crippen LogP contribution in [0.15, 0.2) is 24.3 Å². The first kappa shape index (κ1) is 14.2. The van der Waals surface area contributed by atoms with Crippen LogP contribution in [-0.4, -0.2) is 17.0 Å². The number of benzene rings is 1. The highest BCUT2D eigenvalue weighted by Crippen LogP contribution is 2.40. The molecule has 2 aromatic rings. The number of ether oxygens (including phenoxy) is 1. The summed E-state index contributed by atoms with van der Waals surface area (Å²) in [5.74, 6) is 1.25. The van der Waals surface area contributed by atoms with E-state index in [2.05, 4.69) is 33.5 Å². The highest BCUT2D eigenvalue weighted by Gasteiger charge is 2.22. The van der Waals surface area contributed by atoms with Crippen molar-refractivity contribution in [2.24, 2.45) is 0 Å². The van der Waals surface area contributed by atoms with Crippen LogP contribution in [0.2, 0.25) is 0 Å². The van der Waals surface area contributed by atoms with Crippen LogP contribution in [0.1, 0.15) is 31.4 Å². The highest BCUT2D eigenvalue weighted by molar-refractivity contribution is 7.11. The number of nitrogen functional groups attached to an aromatic ring is 1. The van der Waals surface area contributed by atoms with Gasteiger partial charge in [-0.1, -0.05) is 24.3 Å². The zero-order chi connectivity index (χ0) is 14.8. The zero-order valence-electron chi connectivity index (χ0n) is 12.5. The first-order chi connectivity index (χ1) is 10.1. The molecule has 0 bridgehead atoms. The number of nitrogens with two attached hydrogens (primary N) is 1. The molecular formula is C16H21N3OS. The topological polar surface area (TPSA) is 51.4 Å². The van der Waals surface area contributed by atoms with E-state index >= 15 is 0 Å². The van der Waals surface area contributed by atoms with Gasteiger partial charge < -0.3 is 15.4 Å². The first-order valence-electron chi connectivity index (χ1n) is 7.38. The van der Waals surface area contributed by atoms with Gasteiger partial charge in [0.05, 0.1) is 6.10 Å². The van der Waals surface area contributed by atoms with E-state index in [-0.39, 0.29) is 6.10 Å². The normalized spacial score (nSPS) is 14.9. The van der Waals surface area contributed by atoms with E-state index in [0.29, 0.717) is 5.82 Å². The van der Waals surface area contributed by atoms with Crippen molar-refractivity contribution in [3.8, 4) is 5.75 Å². The average Bonchev–Trinajstić information content (AvgIpc) is 2.70. The van der Waals surface area contributed by atoms with Gasteiger partial charge in [0.25, 0.3) is 0 Å². The summed E-state index contributed by atoms with van der Waals surface area (Å²) in [5.41, 5.74) is 8.81. The Morgan fingerprint density at radius 2 is 2.05 bits per heavy atom. The fourth-order valence-electron chi connectivity index (χ4n) is 2.71. The largest absolute Gasteiger partial charge is 0.484 e. The molecule has 0 radical (unpaired) electrons. The van der Waals surface area contributed by atoms with Crippen molar-refractivity contribution in [3.05, 3.63) is 35.4 Å². The van der Waals surface area contributed by atoms with E-state index < -0.39 is 0 Å². The number of aromatic nitrogens is 1.